The number of rotatable bonds is 6. The molecule has 22 heavy (non-hydrogen) atoms. The molecule has 1 unspecified atom stereocenters. The molecule has 0 aliphatic carbocycles. The highest BCUT2D eigenvalue weighted by molar-refractivity contribution is 9.10. The van der Waals surface area contributed by atoms with E-state index in [1.54, 1.807) is 10.4 Å². The summed E-state index contributed by atoms with van der Waals surface area (Å²) in [5.74, 6) is 0.770. The second-order valence-corrected chi connectivity index (χ2v) is 7.82. The third kappa shape index (κ3) is 3.24. The zero-order valence-electron chi connectivity index (χ0n) is 12.9. The van der Waals surface area contributed by atoms with E-state index >= 15 is 0 Å². The molecule has 0 saturated carbocycles. The average molecular weight is 393 g/mol. The highest BCUT2D eigenvalue weighted by Crippen LogP contribution is 2.38. The Morgan fingerprint density at radius 1 is 1.32 bits per heavy atom. The lowest BCUT2D eigenvalue weighted by Gasteiger charge is -2.25. The van der Waals surface area contributed by atoms with Gasteiger partial charge in [-0.25, -0.2) is 8.42 Å². The van der Waals surface area contributed by atoms with Crippen LogP contribution in [0, 0.1) is 0 Å². The molecule has 1 atom stereocenters. The van der Waals surface area contributed by atoms with Crippen molar-refractivity contribution in [3.05, 3.63) is 16.6 Å². The van der Waals surface area contributed by atoms with Crippen LogP contribution in [0.25, 0.3) is 0 Å². The van der Waals surface area contributed by atoms with Crippen LogP contribution in [0.1, 0.15) is 12.8 Å². The van der Waals surface area contributed by atoms with E-state index in [-0.39, 0.29) is 10.9 Å². The fraction of sp³-hybridized carbons (Fsp3) is 0.571. The van der Waals surface area contributed by atoms with E-state index in [4.69, 9.17) is 9.47 Å². The molecule has 1 N–H and O–H groups in total. The largest absolute Gasteiger partial charge is 0.496 e. The van der Waals surface area contributed by atoms with E-state index < -0.39 is 10.0 Å². The van der Waals surface area contributed by atoms with Gasteiger partial charge in [0.15, 0.2) is 0 Å². The maximum absolute atomic E-state index is 13.0. The van der Waals surface area contributed by atoms with Crippen molar-refractivity contribution in [3.63, 3.8) is 0 Å². The second-order valence-electron chi connectivity index (χ2n) is 5.11. The van der Waals surface area contributed by atoms with Crippen molar-refractivity contribution in [2.45, 2.75) is 23.8 Å². The monoisotopic (exact) mass is 392 g/mol. The molecule has 8 heteroatoms. The summed E-state index contributed by atoms with van der Waals surface area (Å²) in [7, 11) is 1.15. The molecule has 0 amide bonds. The zero-order chi connectivity index (χ0) is 16.3. The maximum atomic E-state index is 13.0. The van der Waals surface area contributed by atoms with E-state index in [9.17, 15) is 8.42 Å². The third-order valence-corrected chi connectivity index (χ3v) is 6.38. The van der Waals surface area contributed by atoms with Crippen molar-refractivity contribution in [1.82, 2.24) is 9.62 Å². The molecule has 0 radical (unpaired) electrons. The number of ether oxygens (including phenoxy) is 2. The summed E-state index contributed by atoms with van der Waals surface area (Å²) in [5, 5.41) is 3.05. The molecule has 1 aromatic rings. The summed E-state index contributed by atoms with van der Waals surface area (Å²) >= 11 is 3.35. The molecule has 1 saturated heterocycles. The first-order chi connectivity index (χ1) is 10.5. The van der Waals surface area contributed by atoms with Crippen LogP contribution in [0.3, 0.4) is 0 Å². The molecule has 0 aromatic heterocycles. The van der Waals surface area contributed by atoms with Crippen molar-refractivity contribution in [2.24, 2.45) is 0 Å². The quantitative estimate of drug-likeness (QED) is 0.799. The van der Waals surface area contributed by atoms with Gasteiger partial charge >= 0.3 is 0 Å². The van der Waals surface area contributed by atoms with Gasteiger partial charge in [-0.15, -0.1) is 0 Å². The van der Waals surface area contributed by atoms with Crippen LogP contribution < -0.4 is 14.8 Å². The molecule has 1 heterocycles. The van der Waals surface area contributed by atoms with Crippen LogP contribution in [0.15, 0.2) is 21.5 Å². The number of sulfonamides is 1. The maximum Gasteiger partial charge on any atom is 0.247 e. The molecule has 124 valence electrons. The fourth-order valence-corrected chi connectivity index (χ4v) is 5.06. The Hall–Kier alpha value is -0.830. The van der Waals surface area contributed by atoms with Gasteiger partial charge in [0, 0.05) is 25.2 Å². The molecule has 1 aromatic carbocycles. The van der Waals surface area contributed by atoms with Crippen LogP contribution >= 0.6 is 15.9 Å². The summed E-state index contributed by atoms with van der Waals surface area (Å²) in [5.41, 5.74) is 0. The summed E-state index contributed by atoms with van der Waals surface area (Å²) in [6, 6.07) is 3.09. The number of likely N-dealkylation sites (N-methyl/N-ethyl adjacent to an activating group) is 1. The van der Waals surface area contributed by atoms with E-state index in [0.29, 0.717) is 29.1 Å². The summed E-state index contributed by atoms with van der Waals surface area (Å²) < 4.78 is 38.7. The molecular weight excluding hydrogens is 372 g/mol. The minimum atomic E-state index is -3.63. The Labute approximate surface area is 140 Å². The van der Waals surface area contributed by atoms with Gasteiger partial charge < -0.3 is 14.8 Å². The van der Waals surface area contributed by atoms with Gasteiger partial charge in [-0.1, -0.05) is 0 Å². The fourth-order valence-electron chi connectivity index (χ4n) is 2.73. The molecule has 0 spiro atoms. The van der Waals surface area contributed by atoms with Crippen LogP contribution in [-0.4, -0.2) is 53.1 Å². The minimum Gasteiger partial charge on any atom is -0.496 e. The lowest BCUT2D eigenvalue weighted by molar-refractivity contribution is 0.366. The number of nitrogens with zero attached hydrogens (tertiary/aromatic N) is 1. The van der Waals surface area contributed by atoms with E-state index in [1.807, 2.05) is 7.05 Å². The van der Waals surface area contributed by atoms with Gasteiger partial charge in [0.2, 0.25) is 10.0 Å². The van der Waals surface area contributed by atoms with Crippen molar-refractivity contribution in [1.29, 1.82) is 0 Å². The van der Waals surface area contributed by atoms with Gasteiger partial charge in [0.05, 0.1) is 18.7 Å². The summed E-state index contributed by atoms with van der Waals surface area (Å²) in [6.45, 7) is 1.16. The molecule has 1 aliphatic heterocycles. The number of halogens is 1. The topological polar surface area (TPSA) is 67.9 Å². The van der Waals surface area contributed by atoms with E-state index in [0.717, 1.165) is 12.8 Å². The lowest BCUT2D eigenvalue weighted by atomic mass is 10.2. The lowest BCUT2D eigenvalue weighted by Crippen LogP contribution is -2.40. The zero-order valence-corrected chi connectivity index (χ0v) is 15.3. The predicted octanol–water partition coefficient (Wildman–Crippen LogP) is 1.84. The number of hydrogen-bond acceptors (Lipinski definition) is 5. The number of methoxy groups -OCH3 is 2. The van der Waals surface area contributed by atoms with Gasteiger partial charge in [-0.05, 0) is 41.9 Å². The third-order valence-electron chi connectivity index (χ3n) is 3.79. The van der Waals surface area contributed by atoms with Crippen molar-refractivity contribution >= 4 is 26.0 Å². The first-order valence-corrected chi connectivity index (χ1v) is 9.27. The summed E-state index contributed by atoms with van der Waals surface area (Å²) in [6.07, 6.45) is 1.72. The van der Waals surface area contributed by atoms with Gasteiger partial charge in [0.1, 0.15) is 16.4 Å². The van der Waals surface area contributed by atoms with Crippen LogP contribution in [0.4, 0.5) is 0 Å². The SMILES string of the molecule is CNCC1CCCN1S(=O)(=O)c1cc(OC)c(Br)cc1OC. The Balaban J connectivity index is 2.48. The van der Waals surface area contributed by atoms with Crippen LogP contribution in [-0.2, 0) is 10.0 Å². The molecule has 2 rings (SSSR count). The van der Waals surface area contributed by atoms with Crippen molar-refractivity contribution < 1.29 is 17.9 Å². The number of hydrogen-bond donors (Lipinski definition) is 1. The molecule has 0 bridgehead atoms. The van der Waals surface area contributed by atoms with E-state index in [2.05, 4.69) is 21.2 Å². The van der Waals surface area contributed by atoms with Crippen molar-refractivity contribution in [2.75, 3.05) is 34.4 Å². The smallest absolute Gasteiger partial charge is 0.247 e. The van der Waals surface area contributed by atoms with Crippen molar-refractivity contribution in [3.8, 4) is 11.5 Å². The van der Waals surface area contributed by atoms with Gasteiger partial charge in [-0.2, -0.15) is 4.31 Å². The molecular formula is C14H21BrN2O4S. The minimum absolute atomic E-state index is 0.0330. The highest BCUT2D eigenvalue weighted by atomic mass is 79.9. The Bertz CT molecular complexity index is 636. The van der Waals surface area contributed by atoms with E-state index in [1.165, 1.54) is 20.3 Å². The molecule has 1 fully saturated rings. The predicted molar refractivity (Wildman–Crippen MR) is 88.1 cm³/mol. The summed E-state index contributed by atoms with van der Waals surface area (Å²) in [4.78, 5) is 0.137. The second kappa shape index (κ2) is 7.16. The Kier molecular flexibility index (Phi) is 5.70. The van der Waals surface area contributed by atoms with Crippen LogP contribution in [0.2, 0.25) is 0 Å². The Morgan fingerprint density at radius 2 is 2.00 bits per heavy atom. The van der Waals surface area contributed by atoms with Gasteiger partial charge in [-0.3, -0.25) is 0 Å². The molecule has 1 aliphatic rings. The highest BCUT2D eigenvalue weighted by Gasteiger charge is 2.37. The number of benzene rings is 1. The van der Waals surface area contributed by atoms with Crippen LogP contribution in [0.5, 0.6) is 11.5 Å². The Morgan fingerprint density at radius 3 is 2.59 bits per heavy atom. The standard InChI is InChI=1S/C14H21BrN2O4S/c1-16-9-10-5-4-6-17(10)22(18,19)14-8-12(20-2)11(15)7-13(14)21-3/h7-8,10,16H,4-6,9H2,1-3H3. The average Bonchev–Trinajstić information content (AvgIpc) is 2.96. The van der Waals surface area contributed by atoms with Gasteiger partial charge in [0.25, 0.3) is 0 Å². The first kappa shape index (κ1) is 17.5. The normalized spacial score (nSPS) is 19.4. The number of nitrogens with one attached hydrogen (secondary N) is 1. The first-order valence-electron chi connectivity index (χ1n) is 7.03. The molecule has 6 nitrogen and oxygen atoms in total.